The quantitative estimate of drug-likeness (QED) is 0.901. The highest BCUT2D eigenvalue weighted by Crippen LogP contribution is 2.33. The Kier molecular flexibility index (Phi) is 4.96. The van der Waals surface area contributed by atoms with E-state index in [0.29, 0.717) is 12.6 Å². The van der Waals surface area contributed by atoms with Gasteiger partial charge >= 0.3 is 0 Å². The van der Waals surface area contributed by atoms with Crippen molar-refractivity contribution in [2.75, 3.05) is 13.7 Å². The summed E-state index contributed by atoms with van der Waals surface area (Å²) in [6.07, 6.45) is 3.74. The molecule has 116 valence electrons. The van der Waals surface area contributed by atoms with Crippen molar-refractivity contribution in [3.05, 3.63) is 59.7 Å². The molecule has 22 heavy (non-hydrogen) atoms. The molecule has 1 aliphatic rings. The Bertz CT molecular complexity index is 592. The van der Waals surface area contributed by atoms with Crippen molar-refractivity contribution in [2.45, 2.75) is 31.9 Å². The number of rotatable bonds is 5. The molecule has 1 aliphatic heterocycles. The van der Waals surface area contributed by atoms with Crippen LogP contribution in [0, 0.1) is 0 Å². The van der Waals surface area contributed by atoms with E-state index >= 15 is 0 Å². The van der Waals surface area contributed by atoms with Crippen molar-refractivity contribution < 1.29 is 9.47 Å². The second-order valence-corrected chi connectivity index (χ2v) is 5.69. The molecule has 0 radical (unpaired) electrons. The Morgan fingerprint density at radius 1 is 1.05 bits per heavy atom. The number of hydrogen-bond acceptors (Lipinski definition) is 3. The van der Waals surface area contributed by atoms with E-state index in [-0.39, 0.29) is 0 Å². The third kappa shape index (κ3) is 3.60. The standard InChI is InChI=1S/C19H23NO2/c1-21-19-13-16(17-9-5-6-12-20-17)10-11-18(19)22-14-15-7-3-2-4-8-15/h2-4,7-8,10-11,13,17,20H,5-6,9,12,14H2,1H3/t17-/m0/s1. The van der Waals surface area contributed by atoms with Crippen molar-refractivity contribution in [2.24, 2.45) is 0 Å². The van der Waals surface area contributed by atoms with Crippen molar-refractivity contribution in [1.82, 2.24) is 5.32 Å². The van der Waals surface area contributed by atoms with Crippen LogP contribution in [0.4, 0.5) is 0 Å². The number of benzene rings is 2. The van der Waals surface area contributed by atoms with Crippen LogP contribution in [0.2, 0.25) is 0 Å². The number of hydrogen-bond donors (Lipinski definition) is 1. The summed E-state index contributed by atoms with van der Waals surface area (Å²) in [6, 6.07) is 16.9. The van der Waals surface area contributed by atoms with Gasteiger partial charge in [0.25, 0.3) is 0 Å². The fourth-order valence-electron chi connectivity index (χ4n) is 2.89. The summed E-state index contributed by atoms with van der Waals surface area (Å²) in [4.78, 5) is 0. The maximum Gasteiger partial charge on any atom is 0.161 e. The fourth-order valence-corrected chi connectivity index (χ4v) is 2.89. The third-order valence-electron chi connectivity index (χ3n) is 4.14. The van der Waals surface area contributed by atoms with E-state index in [9.17, 15) is 0 Å². The van der Waals surface area contributed by atoms with Gasteiger partial charge in [-0.25, -0.2) is 0 Å². The number of nitrogens with one attached hydrogen (secondary N) is 1. The lowest BCUT2D eigenvalue weighted by Gasteiger charge is -2.24. The first-order valence-electron chi connectivity index (χ1n) is 7.95. The van der Waals surface area contributed by atoms with Crippen LogP contribution in [0.3, 0.4) is 0 Å². The van der Waals surface area contributed by atoms with Crippen molar-refractivity contribution in [3.8, 4) is 11.5 Å². The Morgan fingerprint density at radius 3 is 2.64 bits per heavy atom. The maximum absolute atomic E-state index is 5.91. The largest absolute Gasteiger partial charge is 0.493 e. The Labute approximate surface area is 132 Å². The zero-order chi connectivity index (χ0) is 15.2. The summed E-state index contributed by atoms with van der Waals surface area (Å²) in [6.45, 7) is 1.65. The fraction of sp³-hybridized carbons (Fsp3) is 0.368. The second kappa shape index (κ2) is 7.32. The van der Waals surface area contributed by atoms with E-state index in [1.807, 2.05) is 24.3 Å². The Hall–Kier alpha value is -2.00. The molecule has 3 nitrogen and oxygen atoms in total. The van der Waals surface area contributed by atoms with Gasteiger partial charge in [-0.2, -0.15) is 0 Å². The van der Waals surface area contributed by atoms with Crippen LogP contribution >= 0.6 is 0 Å². The third-order valence-corrected chi connectivity index (χ3v) is 4.14. The van der Waals surface area contributed by atoms with Crippen LogP contribution < -0.4 is 14.8 Å². The zero-order valence-corrected chi connectivity index (χ0v) is 13.0. The predicted octanol–water partition coefficient (Wildman–Crippen LogP) is 4.09. The smallest absolute Gasteiger partial charge is 0.161 e. The summed E-state index contributed by atoms with van der Waals surface area (Å²) < 4.78 is 11.4. The van der Waals surface area contributed by atoms with Gasteiger partial charge in [-0.1, -0.05) is 42.8 Å². The summed E-state index contributed by atoms with van der Waals surface area (Å²) in [5.74, 6) is 1.60. The minimum atomic E-state index is 0.436. The summed E-state index contributed by atoms with van der Waals surface area (Å²) >= 11 is 0. The van der Waals surface area contributed by atoms with Gasteiger partial charge in [-0.15, -0.1) is 0 Å². The molecule has 0 unspecified atom stereocenters. The first-order chi connectivity index (χ1) is 10.9. The van der Waals surface area contributed by atoms with Crippen molar-refractivity contribution >= 4 is 0 Å². The van der Waals surface area contributed by atoms with Crippen LogP contribution in [0.15, 0.2) is 48.5 Å². The lowest BCUT2D eigenvalue weighted by Crippen LogP contribution is -2.26. The Balaban J connectivity index is 1.71. The summed E-state index contributed by atoms with van der Waals surface area (Å²) in [5.41, 5.74) is 2.44. The first kappa shape index (κ1) is 14.9. The van der Waals surface area contributed by atoms with Crippen LogP contribution in [0.25, 0.3) is 0 Å². The molecule has 1 fully saturated rings. The van der Waals surface area contributed by atoms with Gasteiger partial charge in [-0.3, -0.25) is 0 Å². The predicted molar refractivity (Wildman–Crippen MR) is 88.4 cm³/mol. The number of methoxy groups -OCH3 is 1. The van der Waals surface area contributed by atoms with E-state index in [1.165, 1.54) is 24.8 Å². The highest BCUT2D eigenvalue weighted by Gasteiger charge is 2.16. The molecule has 1 N–H and O–H groups in total. The highest BCUT2D eigenvalue weighted by atomic mass is 16.5. The number of ether oxygens (including phenoxy) is 2. The summed E-state index contributed by atoms with van der Waals surface area (Å²) in [7, 11) is 1.70. The van der Waals surface area contributed by atoms with Crippen LogP contribution in [-0.2, 0) is 6.61 Å². The topological polar surface area (TPSA) is 30.5 Å². The molecular weight excluding hydrogens is 274 g/mol. The minimum absolute atomic E-state index is 0.436. The van der Waals surface area contributed by atoms with E-state index in [2.05, 4.69) is 29.6 Å². The van der Waals surface area contributed by atoms with Crippen molar-refractivity contribution in [3.63, 3.8) is 0 Å². The van der Waals surface area contributed by atoms with Gasteiger partial charge in [0.15, 0.2) is 11.5 Å². The van der Waals surface area contributed by atoms with Crippen LogP contribution in [0.5, 0.6) is 11.5 Å². The van der Waals surface area contributed by atoms with Gasteiger partial charge < -0.3 is 14.8 Å². The average Bonchev–Trinajstić information content (AvgIpc) is 2.61. The molecule has 2 aromatic rings. The van der Waals surface area contributed by atoms with Gasteiger partial charge in [0.05, 0.1) is 7.11 Å². The normalized spacial score (nSPS) is 18.0. The monoisotopic (exact) mass is 297 g/mol. The Morgan fingerprint density at radius 2 is 1.91 bits per heavy atom. The average molecular weight is 297 g/mol. The first-order valence-corrected chi connectivity index (χ1v) is 7.95. The van der Waals surface area contributed by atoms with E-state index in [1.54, 1.807) is 7.11 Å². The minimum Gasteiger partial charge on any atom is -0.493 e. The molecule has 0 bridgehead atoms. The van der Waals surface area contributed by atoms with E-state index < -0.39 is 0 Å². The molecule has 2 aromatic carbocycles. The molecule has 0 aromatic heterocycles. The molecular formula is C19H23NO2. The van der Waals surface area contributed by atoms with Gasteiger partial charge in [0.1, 0.15) is 6.61 Å². The lowest BCUT2D eigenvalue weighted by molar-refractivity contribution is 0.284. The lowest BCUT2D eigenvalue weighted by atomic mass is 9.97. The zero-order valence-electron chi connectivity index (χ0n) is 13.0. The van der Waals surface area contributed by atoms with E-state index in [4.69, 9.17) is 9.47 Å². The molecule has 3 rings (SSSR count). The molecule has 3 heteroatoms. The van der Waals surface area contributed by atoms with Gasteiger partial charge in [0, 0.05) is 6.04 Å². The summed E-state index contributed by atoms with van der Waals surface area (Å²) in [5, 5.41) is 3.57. The van der Waals surface area contributed by atoms with E-state index in [0.717, 1.165) is 23.6 Å². The highest BCUT2D eigenvalue weighted by molar-refractivity contribution is 5.44. The van der Waals surface area contributed by atoms with Crippen LogP contribution in [-0.4, -0.2) is 13.7 Å². The number of piperidine rings is 1. The van der Waals surface area contributed by atoms with Gasteiger partial charge in [0.2, 0.25) is 0 Å². The van der Waals surface area contributed by atoms with Crippen LogP contribution in [0.1, 0.15) is 36.4 Å². The molecule has 1 heterocycles. The van der Waals surface area contributed by atoms with Gasteiger partial charge in [-0.05, 0) is 42.6 Å². The molecule has 1 saturated heterocycles. The molecule has 0 amide bonds. The molecule has 0 spiro atoms. The van der Waals surface area contributed by atoms with Crippen molar-refractivity contribution in [1.29, 1.82) is 0 Å². The SMILES string of the molecule is COc1cc([C@@H]2CCCCN2)ccc1OCc1ccccc1. The molecule has 0 saturated carbocycles. The maximum atomic E-state index is 5.91. The molecule has 1 atom stereocenters. The molecule has 0 aliphatic carbocycles. The second-order valence-electron chi connectivity index (χ2n) is 5.69.